The highest BCUT2D eigenvalue weighted by Gasteiger charge is 2.11. The highest BCUT2D eigenvalue weighted by Crippen LogP contribution is 2.28. The lowest BCUT2D eigenvalue weighted by atomic mass is 10.2. The summed E-state index contributed by atoms with van der Waals surface area (Å²) in [6, 6.07) is 2.86. The third-order valence-corrected chi connectivity index (χ3v) is 3.00. The Bertz CT molecular complexity index is 512. The van der Waals surface area contributed by atoms with Crippen LogP contribution in [0.25, 0.3) is 0 Å². The van der Waals surface area contributed by atoms with Crippen LogP contribution >= 0.6 is 15.9 Å². The number of nitrogens with zero attached hydrogens (tertiary/aromatic N) is 1. The second kappa shape index (κ2) is 4.75. The molecule has 4 N–H and O–H groups in total. The van der Waals surface area contributed by atoms with Gasteiger partial charge in [-0.05, 0) is 28.9 Å². The standard InChI is InChI=1S/C11H12BrFN4/c1-6(11-15-2-3-16-11)17-10-4-7(12)8(13)5-9(10)14/h2-6,17H,14H2,1H3,(H,15,16). The lowest BCUT2D eigenvalue weighted by molar-refractivity contribution is 0.622. The first-order chi connectivity index (χ1) is 8.08. The molecule has 0 bridgehead atoms. The molecule has 0 fully saturated rings. The van der Waals surface area contributed by atoms with Gasteiger partial charge in [-0.15, -0.1) is 0 Å². The normalized spacial score (nSPS) is 12.4. The molecule has 1 unspecified atom stereocenters. The molecule has 1 heterocycles. The summed E-state index contributed by atoms with van der Waals surface area (Å²) in [7, 11) is 0. The van der Waals surface area contributed by atoms with Crippen molar-refractivity contribution in [1.29, 1.82) is 0 Å². The number of halogens is 2. The molecule has 0 saturated carbocycles. The number of H-pyrrole nitrogens is 1. The first kappa shape index (κ1) is 11.9. The van der Waals surface area contributed by atoms with Gasteiger partial charge in [0.05, 0.1) is 21.9 Å². The predicted octanol–water partition coefficient (Wildman–Crippen LogP) is 3.07. The number of nitrogens with one attached hydrogen (secondary N) is 2. The molecule has 90 valence electrons. The number of nitrogens with two attached hydrogens (primary N) is 1. The fourth-order valence-corrected chi connectivity index (χ4v) is 1.85. The van der Waals surface area contributed by atoms with Gasteiger partial charge in [0.15, 0.2) is 0 Å². The first-order valence-electron chi connectivity index (χ1n) is 5.08. The third-order valence-electron chi connectivity index (χ3n) is 2.39. The number of anilines is 2. The van der Waals surface area contributed by atoms with E-state index < -0.39 is 0 Å². The average Bonchev–Trinajstić information content (AvgIpc) is 2.79. The summed E-state index contributed by atoms with van der Waals surface area (Å²) in [5.74, 6) is 0.420. The SMILES string of the molecule is CC(Nc1cc(Br)c(F)cc1N)c1ncc[nH]1. The molecule has 0 radical (unpaired) electrons. The molecular weight excluding hydrogens is 287 g/mol. The Hall–Kier alpha value is -1.56. The van der Waals surface area contributed by atoms with Gasteiger partial charge in [0.1, 0.15) is 11.6 Å². The Morgan fingerprint density at radius 1 is 1.53 bits per heavy atom. The highest BCUT2D eigenvalue weighted by molar-refractivity contribution is 9.10. The minimum atomic E-state index is -0.376. The maximum atomic E-state index is 13.2. The van der Waals surface area contributed by atoms with Crippen molar-refractivity contribution in [3.8, 4) is 0 Å². The largest absolute Gasteiger partial charge is 0.397 e. The maximum absolute atomic E-state index is 13.2. The molecule has 0 spiro atoms. The molecule has 1 atom stereocenters. The van der Waals surface area contributed by atoms with E-state index in [1.54, 1.807) is 18.5 Å². The molecule has 0 saturated heterocycles. The number of aromatic nitrogens is 2. The van der Waals surface area contributed by atoms with Crippen LogP contribution in [0.1, 0.15) is 18.8 Å². The van der Waals surface area contributed by atoms with Crippen molar-refractivity contribution in [3.63, 3.8) is 0 Å². The number of rotatable bonds is 3. The maximum Gasteiger partial charge on any atom is 0.139 e. The second-order valence-electron chi connectivity index (χ2n) is 3.69. The van der Waals surface area contributed by atoms with E-state index in [2.05, 4.69) is 31.2 Å². The van der Waals surface area contributed by atoms with Crippen molar-refractivity contribution < 1.29 is 4.39 Å². The third kappa shape index (κ3) is 2.58. The molecule has 4 nitrogen and oxygen atoms in total. The Balaban J connectivity index is 2.22. The van der Waals surface area contributed by atoms with Gasteiger partial charge < -0.3 is 16.0 Å². The monoisotopic (exact) mass is 298 g/mol. The minimum absolute atomic E-state index is 0.0374. The summed E-state index contributed by atoms with van der Waals surface area (Å²) in [6.45, 7) is 1.94. The van der Waals surface area contributed by atoms with E-state index in [1.807, 2.05) is 6.92 Å². The zero-order valence-electron chi connectivity index (χ0n) is 9.17. The lowest BCUT2D eigenvalue weighted by Gasteiger charge is -2.15. The van der Waals surface area contributed by atoms with Crippen LogP contribution in [0.4, 0.5) is 15.8 Å². The quantitative estimate of drug-likeness (QED) is 0.763. The van der Waals surface area contributed by atoms with E-state index in [-0.39, 0.29) is 11.9 Å². The fraction of sp³-hybridized carbons (Fsp3) is 0.182. The smallest absolute Gasteiger partial charge is 0.139 e. The van der Waals surface area contributed by atoms with Crippen LogP contribution in [0.5, 0.6) is 0 Å². The second-order valence-corrected chi connectivity index (χ2v) is 4.55. The van der Waals surface area contributed by atoms with Crippen LogP contribution in [0.3, 0.4) is 0 Å². The summed E-state index contributed by atoms with van der Waals surface area (Å²) in [4.78, 5) is 7.14. The van der Waals surface area contributed by atoms with Gasteiger partial charge in [0.25, 0.3) is 0 Å². The number of benzene rings is 1. The Kier molecular flexibility index (Phi) is 3.33. The zero-order valence-corrected chi connectivity index (χ0v) is 10.8. The highest BCUT2D eigenvalue weighted by atomic mass is 79.9. The molecule has 1 aromatic heterocycles. The van der Waals surface area contributed by atoms with Crippen LogP contribution in [0.15, 0.2) is 29.0 Å². The van der Waals surface area contributed by atoms with E-state index in [0.29, 0.717) is 15.8 Å². The summed E-state index contributed by atoms with van der Waals surface area (Å²) >= 11 is 3.12. The molecule has 6 heteroatoms. The summed E-state index contributed by atoms with van der Waals surface area (Å²) in [6.07, 6.45) is 3.43. The molecular formula is C11H12BrFN4. The summed E-state index contributed by atoms with van der Waals surface area (Å²) < 4.78 is 13.6. The van der Waals surface area contributed by atoms with Crippen molar-refractivity contribution in [1.82, 2.24) is 9.97 Å². The molecule has 1 aromatic carbocycles. The number of hydrogen-bond acceptors (Lipinski definition) is 3. The van der Waals surface area contributed by atoms with Gasteiger partial charge >= 0.3 is 0 Å². The van der Waals surface area contributed by atoms with Gasteiger partial charge in [-0.1, -0.05) is 0 Å². The van der Waals surface area contributed by atoms with Gasteiger partial charge in [-0.25, -0.2) is 9.37 Å². The van der Waals surface area contributed by atoms with E-state index in [4.69, 9.17) is 5.73 Å². The molecule has 2 rings (SSSR count). The predicted molar refractivity (Wildman–Crippen MR) is 69.1 cm³/mol. The molecule has 0 amide bonds. The van der Waals surface area contributed by atoms with Gasteiger partial charge in [0.2, 0.25) is 0 Å². The number of hydrogen-bond donors (Lipinski definition) is 3. The van der Waals surface area contributed by atoms with Gasteiger partial charge in [-0.3, -0.25) is 0 Å². The van der Waals surface area contributed by atoms with Crippen molar-refractivity contribution in [2.45, 2.75) is 13.0 Å². The van der Waals surface area contributed by atoms with E-state index in [9.17, 15) is 4.39 Å². The van der Waals surface area contributed by atoms with E-state index in [1.165, 1.54) is 6.07 Å². The fourth-order valence-electron chi connectivity index (χ4n) is 1.50. The molecule has 17 heavy (non-hydrogen) atoms. The van der Waals surface area contributed by atoms with Crippen LogP contribution < -0.4 is 11.1 Å². The summed E-state index contributed by atoms with van der Waals surface area (Å²) in [5.41, 5.74) is 6.77. The van der Waals surface area contributed by atoms with Crippen molar-refractivity contribution in [2.75, 3.05) is 11.1 Å². The number of imidazole rings is 1. The van der Waals surface area contributed by atoms with Crippen LogP contribution in [-0.4, -0.2) is 9.97 Å². The minimum Gasteiger partial charge on any atom is -0.397 e. The Morgan fingerprint density at radius 3 is 2.94 bits per heavy atom. The van der Waals surface area contributed by atoms with E-state index >= 15 is 0 Å². The topological polar surface area (TPSA) is 66.7 Å². The van der Waals surface area contributed by atoms with Crippen LogP contribution in [-0.2, 0) is 0 Å². The first-order valence-corrected chi connectivity index (χ1v) is 5.87. The molecule has 2 aromatic rings. The van der Waals surface area contributed by atoms with Gasteiger partial charge in [0, 0.05) is 18.5 Å². The van der Waals surface area contributed by atoms with Crippen molar-refractivity contribution in [2.24, 2.45) is 0 Å². The molecule has 0 aliphatic heterocycles. The van der Waals surface area contributed by atoms with E-state index in [0.717, 1.165) is 5.82 Å². The molecule has 0 aliphatic rings. The Morgan fingerprint density at radius 2 is 2.29 bits per heavy atom. The van der Waals surface area contributed by atoms with Crippen molar-refractivity contribution >= 4 is 27.3 Å². The van der Waals surface area contributed by atoms with Gasteiger partial charge in [-0.2, -0.15) is 0 Å². The average molecular weight is 299 g/mol. The van der Waals surface area contributed by atoms with Crippen LogP contribution in [0.2, 0.25) is 0 Å². The van der Waals surface area contributed by atoms with Crippen LogP contribution in [0, 0.1) is 5.82 Å². The Labute approximate surface area is 107 Å². The lowest BCUT2D eigenvalue weighted by Crippen LogP contribution is -2.10. The zero-order chi connectivity index (χ0) is 12.4. The van der Waals surface area contributed by atoms with Crippen molar-refractivity contribution in [3.05, 3.63) is 40.6 Å². The molecule has 0 aliphatic carbocycles. The number of aromatic amines is 1. The number of nitrogen functional groups attached to an aromatic ring is 1. The summed E-state index contributed by atoms with van der Waals surface area (Å²) in [5, 5.41) is 3.17.